The number of aromatic amines is 1. The summed E-state index contributed by atoms with van der Waals surface area (Å²) in [7, 11) is 0. The summed E-state index contributed by atoms with van der Waals surface area (Å²) in [6.45, 7) is 4.73. The van der Waals surface area contributed by atoms with Crippen molar-refractivity contribution >= 4 is 5.91 Å². The second-order valence-electron chi connectivity index (χ2n) is 7.19. The first kappa shape index (κ1) is 17.2. The Labute approximate surface area is 151 Å². The van der Waals surface area contributed by atoms with E-state index >= 15 is 0 Å². The van der Waals surface area contributed by atoms with E-state index in [0.717, 1.165) is 43.4 Å². The summed E-state index contributed by atoms with van der Waals surface area (Å²) in [6.07, 6.45) is 5.69. The molecule has 1 amide bonds. The standard InChI is InChI=1S/C17H25N7O2/c1-11-8-23(17(25)14(18)6-13-7-19-10-20-13)9-15-21-22-16(24(11)15)12-2-4-26-5-3-12/h7,10-12,14H,2-6,8-9,18H2,1H3,(H,19,20)/t11-,14-/m0/s1. The van der Waals surface area contributed by atoms with Gasteiger partial charge in [-0.3, -0.25) is 4.79 Å². The fraction of sp³-hybridized carbons (Fsp3) is 0.647. The topological polar surface area (TPSA) is 115 Å². The van der Waals surface area contributed by atoms with Crippen molar-refractivity contribution in [2.24, 2.45) is 5.73 Å². The number of hydrogen-bond acceptors (Lipinski definition) is 6. The van der Waals surface area contributed by atoms with Gasteiger partial charge in [0.05, 0.1) is 25.0 Å². The molecule has 2 atom stereocenters. The number of nitrogens with zero attached hydrogens (tertiary/aromatic N) is 5. The van der Waals surface area contributed by atoms with Gasteiger partial charge in [0.2, 0.25) is 5.91 Å². The maximum Gasteiger partial charge on any atom is 0.240 e. The number of hydrogen-bond donors (Lipinski definition) is 2. The summed E-state index contributed by atoms with van der Waals surface area (Å²) in [5.41, 5.74) is 6.99. The molecule has 0 radical (unpaired) electrons. The Morgan fingerprint density at radius 1 is 1.42 bits per heavy atom. The Morgan fingerprint density at radius 2 is 2.23 bits per heavy atom. The van der Waals surface area contributed by atoms with Gasteiger partial charge in [-0.1, -0.05) is 0 Å². The molecular formula is C17H25N7O2. The largest absolute Gasteiger partial charge is 0.381 e. The van der Waals surface area contributed by atoms with Gasteiger partial charge in [0.1, 0.15) is 5.82 Å². The number of ether oxygens (including phenoxy) is 1. The zero-order valence-electron chi connectivity index (χ0n) is 15.0. The maximum absolute atomic E-state index is 12.8. The molecule has 2 aliphatic rings. The molecule has 3 N–H and O–H groups in total. The summed E-state index contributed by atoms with van der Waals surface area (Å²) in [6, 6.07) is -0.456. The zero-order valence-corrected chi connectivity index (χ0v) is 15.0. The Morgan fingerprint density at radius 3 is 2.96 bits per heavy atom. The molecule has 0 bridgehead atoms. The molecule has 0 aliphatic carbocycles. The third-order valence-electron chi connectivity index (χ3n) is 5.26. The van der Waals surface area contributed by atoms with E-state index in [9.17, 15) is 4.79 Å². The Hall–Kier alpha value is -2.26. The summed E-state index contributed by atoms with van der Waals surface area (Å²) in [4.78, 5) is 21.5. The molecule has 0 aromatic carbocycles. The van der Waals surface area contributed by atoms with Crippen LogP contribution < -0.4 is 5.73 Å². The van der Waals surface area contributed by atoms with Crippen LogP contribution in [0.3, 0.4) is 0 Å². The van der Waals surface area contributed by atoms with Crippen molar-refractivity contribution in [1.29, 1.82) is 0 Å². The number of nitrogens with two attached hydrogens (primary N) is 1. The van der Waals surface area contributed by atoms with Crippen LogP contribution in [-0.4, -0.2) is 61.3 Å². The molecule has 0 spiro atoms. The number of H-pyrrole nitrogens is 1. The number of aromatic nitrogens is 5. The van der Waals surface area contributed by atoms with Crippen molar-refractivity contribution in [3.63, 3.8) is 0 Å². The second-order valence-corrected chi connectivity index (χ2v) is 7.19. The van der Waals surface area contributed by atoms with Gasteiger partial charge in [-0.15, -0.1) is 10.2 Å². The highest BCUT2D eigenvalue weighted by Gasteiger charge is 2.33. The normalized spacial score (nSPS) is 22.2. The van der Waals surface area contributed by atoms with Crippen molar-refractivity contribution in [3.05, 3.63) is 29.9 Å². The third kappa shape index (κ3) is 3.24. The van der Waals surface area contributed by atoms with Gasteiger partial charge in [0, 0.05) is 44.0 Å². The summed E-state index contributed by atoms with van der Waals surface area (Å²) in [5, 5.41) is 8.82. The summed E-state index contributed by atoms with van der Waals surface area (Å²) >= 11 is 0. The van der Waals surface area contributed by atoms with E-state index in [0.29, 0.717) is 25.4 Å². The number of imidazole rings is 1. The minimum Gasteiger partial charge on any atom is -0.381 e. The van der Waals surface area contributed by atoms with Crippen molar-refractivity contribution in [2.75, 3.05) is 19.8 Å². The average molecular weight is 359 g/mol. The van der Waals surface area contributed by atoms with Crippen LogP contribution in [0.4, 0.5) is 0 Å². The van der Waals surface area contributed by atoms with Gasteiger partial charge < -0.3 is 24.9 Å². The Balaban J connectivity index is 1.47. The number of fused-ring (bicyclic) bond motifs is 1. The molecule has 2 aromatic heterocycles. The van der Waals surface area contributed by atoms with Gasteiger partial charge in [0.15, 0.2) is 5.82 Å². The van der Waals surface area contributed by atoms with Crippen molar-refractivity contribution < 1.29 is 9.53 Å². The molecule has 0 saturated carbocycles. The number of carbonyl (C=O) groups is 1. The first-order valence-electron chi connectivity index (χ1n) is 9.16. The molecule has 1 saturated heterocycles. The number of carbonyl (C=O) groups excluding carboxylic acids is 1. The quantitative estimate of drug-likeness (QED) is 0.815. The average Bonchev–Trinajstić information content (AvgIpc) is 3.31. The van der Waals surface area contributed by atoms with Crippen LogP contribution in [-0.2, 0) is 22.5 Å². The van der Waals surface area contributed by atoms with E-state index in [-0.39, 0.29) is 11.9 Å². The summed E-state index contributed by atoms with van der Waals surface area (Å²) < 4.78 is 7.66. The van der Waals surface area contributed by atoms with Crippen LogP contribution in [0, 0.1) is 0 Å². The fourth-order valence-electron chi connectivity index (χ4n) is 3.92. The van der Waals surface area contributed by atoms with Crippen molar-refractivity contribution in [2.45, 2.75) is 50.7 Å². The Bertz CT molecular complexity index is 751. The van der Waals surface area contributed by atoms with Crippen LogP contribution >= 0.6 is 0 Å². The smallest absolute Gasteiger partial charge is 0.240 e. The van der Waals surface area contributed by atoms with Crippen LogP contribution in [0.5, 0.6) is 0 Å². The van der Waals surface area contributed by atoms with E-state index in [1.807, 2.05) is 0 Å². The first-order chi connectivity index (χ1) is 12.6. The lowest BCUT2D eigenvalue weighted by atomic mass is 9.98. The molecule has 26 heavy (non-hydrogen) atoms. The van der Waals surface area contributed by atoms with E-state index in [4.69, 9.17) is 10.5 Å². The fourth-order valence-corrected chi connectivity index (χ4v) is 3.92. The minimum atomic E-state index is -0.591. The Kier molecular flexibility index (Phi) is 4.73. The zero-order chi connectivity index (χ0) is 18.1. The van der Waals surface area contributed by atoms with Crippen LogP contribution in [0.1, 0.15) is 49.1 Å². The van der Waals surface area contributed by atoms with E-state index in [1.54, 1.807) is 17.4 Å². The SMILES string of the molecule is C[C@H]1CN(C(=O)[C@@H](N)Cc2cnc[nH]2)Cc2nnc(C3CCOCC3)n21. The van der Waals surface area contributed by atoms with Gasteiger partial charge in [-0.05, 0) is 19.8 Å². The second kappa shape index (κ2) is 7.16. The van der Waals surface area contributed by atoms with E-state index < -0.39 is 6.04 Å². The first-order valence-corrected chi connectivity index (χ1v) is 9.16. The molecular weight excluding hydrogens is 334 g/mol. The predicted molar refractivity (Wildman–Crippen MR) is 93.2 cm³/mol. The molecule has 2 aliphatic heterocycles. The molecule has 9 nitrogen and oxygen atoms in total. The molecule has 140 valence electrons. The van der Waals surface area contributed by atoms with Crippen LogP contribution in [0.25, 0.3) is 0 Å². The third-order valence-corrected chi connectivity index (χ3v) is 5.26. The highest BCUT2D eigenvalue weighted by Crippen LogP contribution is 2.30. The van der Waals surface area contributed by atoms with Gasteiger partial charge in [0.25, 0.3) is 0 Å². The lowest BCUT2D eigenvalue weighted by molar-refractivity contribution is -0.134. The van der Waals surface area contributed by atoms with Crippen molar-refractivity contribution in [1.82, 2.24) is 29.6 Å². The minimum absolute atomic E-state index is 0.0617. The number of rotatable bonds is 4. The number of amides is 1. The predicted octanol–water partition coefficient (Wildman–Crippen LogP) is 0.368. The molecule has 0 unspecified atom stereocenters. The van der Waals surface area contributed by atoms with Crippen LogP contribution in [0.15, 0.2) is 12.5 Å². The van der Waals surface area contributed by atoms with Crippen molar-refractivity contribution in [3.8, 4) is 0 Å². The van der Waals surface area contributed by atoms with E-state index in [1.165, 1.54) is 0 Å². The van der Waals surface area contributed by atoms with E-state index in [2.05, 4.69) is 31.7 Å². The molecule has 9 heteroatoms. The molecule has 1 fully saturated rings. The summed E-state index contributed by atoms with van der Waals surface area (Å²) in [5.74, 6) is 2.20. The maximum atomic E-state index is 12.8. The highest BCUT2D eigenvalue weighted by atomic mass is 16.5. The lowest BCUT2D eigenvalue weighted by Gasteiger charge is -2.35. The molecule has 4 heterocycles. The highest BCUT2D eigenvalue weighted by molar-refractivity contribution is 5.82. The molecule has 2 aromatic rings. The number of nitrogens with one attached hydrogen (secondary N) is 1. The monoisotopic (exact) mass is 359 g/mol. The molecule has 4 rings (SSSR count). The van der Waals surface area contributed by atoms with Gasteiger partial charge in [-0.25, -0.2) is 4.98 Å². The van der Waals surface area contributed by atoms with Crippen LogP contribution in [0.2, 0.25) is 0 Å². The lowest BCUT2D eigenvalue weighted by Crippen LogP contribution is -2.49. The van der Waals surface area contributed by atoms with Gasteiger partial charge >= 0.3 is 0 Å². The van der Waals surface area contributed by atoms with Gasteiger partial charge in [-0.2, -0.15) is 0 Å².